The van der Waals surface area contributed by atoms with Gasteiger partial charge in [-0.1, -0.05) is 35.3 Å². The smallest absolute Gasteiger partial charge is 0.329 e. The van der Waals surface area contributed by atoms with Gasteiger partial charge in [0, 0.05) is 18.4 Å². The number of carbonyl (C=O) groups is 3. The van der Waals surface area contributed by atoms with E-state index in [1.807, 2.05) is 0 Å². The van der Waals surface area contributed by atoms with Crippen LogP contribution in [-0.4, -0.2) is 54.1 Å². The van der Waals surface area contributed by atoms with Gasteiger partial charge in [0.15, 0.2) is 0 Å². The van der Waals surface area contributed by atoms with Gasteiger partial charge in [-0.25, -0.2) is 13.2 Å². The maximum atomic E-state index is 13.1. The Morgan fingerprint density at radius 1 is 0.950 bits per heavy atom. The lowest BCUT2D eigenvalue weighted by Crippen LogP contribution is -2.46. The summed E-state index contributed by atoms with van der Waals surface area (Å²) in [5.74, 6) is -2.29. The van der Waals surface area contributed by atoms with Gasteiger partial charge in [-0.3, -0.25) is 24.6 Å². The summed E-state index contributed by atoms with van der Waals surface area (Å²) in [6, 6.07) is 12.8. The van der Waals surface area contributed by atoms with E-state index in [4.69, 9.17) is 32.7 Å². The van der Waals surface area contributed by atoms with Crippen molar-refractivity contribution < 1.29 is 37.2 Å². The summed E-state index contributed by atoms with van der Waals surface area (Å²) in [7, 11) is -3.55. The lowest BCUT2D eigenvalue weighted by atomic mass is 10.1. The van der Waals surface area contributed by atoms with Crippen molar-refractivity contribution in [1.82, 2.24) is 4.90 Å². The van der Waals surface area contributed by atoms with Crippen LogP contribution < -0.4 is 4.74 Å². The second kappa shape index (κ2) is 11.6. The van der Waals surface area contributed by atoms with E-state index >= 15 is 0 Å². The summed E-state index contributed by atoms with van der Waals surface area (Å²) in [5, 5.41) is 10.9. The first-order valence-electron chi connectivity index (χ1n) is 11.6. The number of imide groups is 1. The molecule has 1 aliphatic heterocycles. The van der Waals surface area contributed by atoms with Crippen molar-refractivity contribution in [1.29, 1.82) is 0 Å². The highest BCUT2D eigenvalue weighted by Crippen LogP contribution is 2.33. The molecule has 0 fully saturated rings. The number of nitro benzene ring substituents is 1. The van der Waals surface area contributed by atoms with Crippen LogP contribution in [0.4, 0.5) is 5.69 Å². The van der Waals surface area contributed by atoms with Crippen LogP contribution in [0.1, 0.15) is 32.7 Å². The second-order valence-corrected chi connectivity index (χ2v) is 11.9. The number of esters is 1. The Hall–Kier alpha value is -4.00. The van der Waals surface area contributed by atoms with Crippen LogP contribution in [0.5, 0.6) is 11.5 Å². The second-order valence-electron chi connectivity index (χ2n) is 8.83. The molecule has 2 amide bonds. The minimum atomic E-state index is -3.55. The van der Waals surface area contributed by atoms with Crippen LogP contribution in [0.25, 0.3) is 0 Å². The first-order valence-corrected chi connectivity index (χ1v) is 14.4. The molecule has 0 saturated heterocycles. The summed E-state index contributed by atoms with van der Waals surface area (Å²) < 4.78 is 34.6. The zero-order chi connectivity index (χ0) is 29.2. The predicted octanol–water partition coefficient (Wildman–Crippen LogP) is 4.84. The third-order valence-electron chi connectivity index (χ3n) is 5.89. The van der Waals surface area contributed by atoms with Crippen LogP contribution in [0.2, 0.25) is 10.0 Å². The Kier molecular flexibility index (Phi) is 8.43. The van der Waals surface area contributed by atoms with E-state index in [9.17, 15) is 32.9 Å². The SMILES string of the molecule is CS(=O)(=O)CC[C@@H](C(=O)OCc1ccc(Oc2ccc([N+](=O)[O-])cc2)cc1)N1C(=O)c2cc(Cl)c(Cl)cc2C1=O. The number of fused-ring (bicyclic) bond motifs is 1. The number of nitro groups is 1. The van der Waals surface area contributed by atoms with Crippen LogP contribution in [0, 0.1) is 10.1 Å². The van der Waals surface area contributed by atoms with Gasteiger partial charge in [-0.15, -0.1) is 0 Å². The van der Waals surface area contributed by atoms with E-state index < -0.39 is 44.3 Å². The normalized spacial score (nSPS) is 13.6. The van der Waals surface area contributed by atoms with Gasteiger partial charge in [-0.05, 0) is 48.4 Å². The van der Waals surface area contributed by atoms with Crippen molar-refractivity contribution in [3.8, 4) is 11.5 Å². The van der Waals surface area contributed by atoms with E-state index in [1.165, 1.54) is 36.4 Å². The predicted molar refractivity (Wildman–Crippen MR) is 144 cm³/mol. The Morgan fingerprint density at radius 3 is 1.93 bits per heavy atom. The topological polar surface area (TPSA) is 150 Å². The first-order chi connectivity index (χ1) is 18.8. The molecule has 40 heavy (non-hydrogen) atoms. The molecule has 0 spiro atoms. The van der Waals surface area contributed by atoms with Gasteiger partial charge in [0.05, 0.1) is 31.8 Å². The number of hydrogen-bond acceptors (Lipinski definition) is 9. The van der Waals surface area contributed by atoms with E-state index in [-0.39, 0.29) is 39.9 Å². The quantitative estimate of drug-likeness (QED) is 0.137. The summed E-state index contributed by atoms with van der Waals surface area (Å²) in [6.45, 7) is -0.243. The van der Waals surface area contributed by atoms with E-state index in [2.05, 4.69) is 0 Å². The number of non-ortho nitro benzene ring substituents is 1. The number of ether oxygens (including phenoxy) is 2. The molecule has 0 aromatic heterocycles. The molecule has 0 unspecified atom stereocenters. The Balaban J connectivity index is 1.46. The summed E-state index contributed by atoms with van der Waals surface area (Å²) in [5.41, 5.74) is 0.348. The number of amides is 2. The number of carbonyl (C=O) groups excluding carboxylic acids is 3. The molecule has 0 N–H and O–H groups in total. The Bertz CT molecular complexity index is 1570. The number of benzene rings is 3. The first kappa shape index (κ1) is 29.0. The van der Waals surface area contributed by atoms with E-state index in [0.717, 1.165) is 6.26 Å². The molecule has 0 aliphatic carbocycles. The third kappa shape index (κ3) is 6.58. The molecule has 3 aromatic rings. The molecular weight excluding hydrogens is 587 g/mol. The van der Waals surface area contributed by atoms with Crippen molar-refractivity contribution in [3.63, 3.8) is 0 Å². The molecule has 3 aromatic carbocycles. The zero-order valence-electron chi connectivity index (χ0n) is 20.7. The fourth-order valence-corrected chi connectivity index (χ4v) is 4.87. The molecule has 11 nitrogen and oxygen atoms in total. The van der Waals surface area contributed by atoms with E-state index in [1.54, 1.807) is 24.3 Å². The van der Waals surface area contributed by atoms with Gasteiger partial charge in [0.25, 0.3) is 17.5 Å². The molecule has 1 aliphatic rings. The Labute approximate surface area is 238 Å². The van der Waals surface area contributed by atoms with Gasteiger partial charge in [0.2, 0.25) is 0 Å². The standard InChI is InChI=1S/C26H20Cl2N2O9S/c1-40(36,37)11-10-23(29-24(31)19-12-21(27)22(28)13-20(19)25(29)32)26(33)38-14-15-2-6-17(7-3-15)39-18-8-4-16(5-9-18)30(34)35/h2-9,12-13,23H,10-11,14H2,1H3/t23-/m0/s1. The minimum Gasteiger partial charge on any atom is -0.459 e. The molecule has 0 bridgehead atoms. The number of rotatable bonds is 10. The van der Waals surface area contributed by atoms with Crippen molar-refractivity contribution in [2.75, 3.05) is 12.0 Å². The molecule has 4 rings (SSSR count). The highest BCUT2D eigenvalue weighted by molar-refractivity contribution is 7.90. The fraction of sp³-hybridized carbons (Fsp3) is 0.192. The molecule has 0 saturated carbocycles. The lowest BCUT2D eigenvalue weighted by Gasteiger charge is -2.24. The molecule has 1 atom stereocenters. The average molecular weight is 607 g/mol. The lowest BCUT2D eigenvalue weighted by molar-refractivity contribution is -0.384. The maximum Gasteiger partial charge on any atom is 0.329 e. The van der Waals surface area contributed by atoms with Crippen molar-refractivity contribution in [3.05, 3.63) is 97.5 Å². The van der Waals surface area contributed by atoms with Crippen molar-refractivity contribution in [2.45, 2.75) is 19.1 Å². The minimum absolute atomic E-state index is 0.0414. The fourth-order valence-electron chi connectivity index (χ4n) is 3.89. The molecule has 0 radical (unpaired) electrons. The van der Waals surface area contributed by atoms with Gasteiger partial charge in [0.1, 0.15) is 34.0 Å². The van der Waals surface area contributed by atoms with Gasteiger partial charge >= 0.3 is 5.97 Å². The van der Waals surface area contributed by atoms with Crippen LogP contribution in [0.15, 0.2) is 60.7 Å². The van der Waals surface area contributed by atoms with Gasteiger partial charge < -0.3 is 9.47 Å². The largest absolute Gasteiger partial charge is 0.459 e. The van der Waals surface area contributed by atoms with Crippen LogP contribution in [-0.2, 0) is 26.0 Å². The van der Waals surface area contributed by atoms with Crippen LogP contribution >= 0.6 is 23.2 Å². The third-order valence-corrected chi connectivity index (χ3v) is 7.59. The summed E-state index contributed by atoms with van der Waals surface area (Å²) >= 11 is 12.0. The van der Waals surface area contributed by atoms with Crippen molar-refractivity contribution in [2.24, 2.45) is 0 Å². The van der Waals surface area contributed by atoms with Crippen LogP contribution in [0.3, 0.4) is 0 Å². The van der Waals surface area contributed by atoms with Gasteiger partial charge in [-0.2, -0.15) is 0 Å². The monoisotopic (exact) mass is 606 g/mol. The highest BCUT2D eigenvalue weighted by Gasteiger charge is 2.44. The number of sulfone groups is 1. The van der Waals surface area contributed by atoms with E-state index in [0.29, 0.717) is 22.0 Å². The average Bonchev–Trinajstić information content (AvgIpc) is 3.12. The maximum absolute atomic E-state index is 13.1. The molecule has 1 heterocycles. The zero-order valence-corrected chi connectivity index (χ0v) is 23.0. The molecular formula is C26H20Cl2N2O9S. The molecule has 208 valence electrons. The summed E-state index contributed by atoms with van der Waals surface area (Å²) in [6.07, 6.45) is 0.601. The number of halogens is 2. The highest BCUT2D eigenvalue weighted by atomic mass is 35.5. The number of nitrogens with zero attached hydrogens (tertiary/aromatic N) is 2. The summed E-state index contributed by atoms with van der Waals surface area (Å²) in [4.78, 5) is 50.1. The van der Waals surface area contributed by atoms with Crippen molar-refractivity contribution >= 4 is 56.5 Å². The molecule has 14 heteroatoms. The number of hydrogen-bond donors (Lipinski definition) is 0. The Morgan fingerprint density at radius 2 is 1.45 bits per heavy atom.